The highest BCUT2D eigenvalue weighted by Gasteiger charge is 2.09. The molecule has 1 unspecified atom stereocenters. The summed E-state index contributed by atoms with van der Waals surface area (Å²) in [5.41, 5.74) is 0.569. The average Bonchev–Trinajstić information content (AvgIpc) is 2.42. The molecule has 1 atom stereocenters. The van der Waals surface area contributed by atoms with Gasteiger partial charge in [-0.25, -0.2) is 0 Å². The summed E-state index contributed by atoms with van der Waals surface area (Å²) in [6.07, 6.45) is 3.81. The molecule has 0 saturated carbocycles. The normalized spacial score (nSPS) is 12.1. The molecule has 2 N–H and O–H groups in total. The molecule has 0 radical (unpaired) electrons. The molecule has 18 heavy (non-hydrogen) atoms. The van der Waals surface area contributed by atoms with Gasteiger partial charge in [-0.1, -0.05) is 12.8 Å². The Kier molecular flexibility index (Phi) is 7.46. The Morgan fingerprint density at radius 1 is 1.17 bits per heavy atom. The van der Waals surface area contributed by atoms with Crippen molar-refractivity contribution in [1.82, 2.24) is 4.72 Å². The zero-order chi connectivity index (χ0) is 13.2. The molecule has 0 fully saturated rings. The van der Waals surface area contributed by atoms with E-state index in [2.05, 4.69) is 4.72 Å². The van der Waals surface area contributed by atoms with E-state index in [1.807, 2.05) is 6.07 Å². The third-order valence-corrected chi connectivity index (χ3v) is 3.68. The first-order chi connectivity index (χ1) is 8.77. The van der Waals surface area contributed by atoms with E-state index in [4.69, 9.17) is 10.4 Å². The zero-order valence-electron chi connectivity index (χ0n) is 10.3. The molecule has 0 bridgehead atoms. The summed E-state index contributed by atoms with van der Waals surface area (Å²) < 4.78 is 14.8. The van der Waals surface area contributed by atoms with E-state index in [9.17, 15) is 4.55 Å². The van der Waals surface area contributed by atoms with Gasteiger partial charge in [-0.2, -0.15) is 5.26 Å². The summed E-state index contributed by atoms with van der Waals surface area (Å²) in [4.78, 5) is 0.685. The molecule has 1 aromatic rings. The lowest BCUT2D eigenvalue weighted by atomic mass is 10.2. The lowest BCUT2D eigenvalue weighted by molar-refractivity contribution is 0.282. The van der Waals surface area contributed by atoms with E-state index in [1.165, 1.54) is 0 Å². The maximum absolute atomic E-state index is 11.8. The van der Waals surface area contributed by atoms with Crippen LogP contribution in [0.25, 0.3) is 0 Å². The first-order valence-electron chi connectivity index (χ1n) is 6.04. The van der Waals surface area contributed by atoms with Gasteiger partial charge in [-0.05, 0) is 37.1 Å². The van der Waals surface area contributed by atoms with E-state index in [0.29, 0.717) is 17.0 Å². The molecular weight excluding hydrogens is 248 g/mol. The third kappa shape index (κ3) is 5.52. The number of rotatable bonds is 8. The molecule has 0 aliphatic heterocycles. The van der Waals surface area contributed by atoms with Crippen molar-refractivity contribution < 1.29 is 9.66 Å². The fraction of sp³-hybridized carbons (Fsp3) is 0.462. The van der Waals surface area contributed by atoms with Crippen LogP contribution in [0, 0.1) is 11.3 Å². The van der Waals surface area contributed by atoms with Crippen molar-refractivity contribution in [2.45, 2.75) is 30.6 Å². The topological polar surface area (TPSA) is 79.1 Å². The van der Waals surface area contributed by atoms with Crippen molar-refractivity contribution in [3.8, 4) is 6.07 Å². The minimum absolute atomic E-state index is 0.241. The molecule has 0 aliphatic rings. The van der Waals surface area contributed by atoms with E-state index < -0.39 is 11.4 Å². The molecule has 5 heteroatoms. The fourth-order valence-electron chi connectivity index (χ4n) is 1.49. The lowest BCUT2D eigenvalue weighted by Gasteiger charge is -2.10. The van der Waals surface area contributed by atoms with Crippen LogP contribution in [0.2, 0.25) is 0 Å². The largest absolute Gasteiger partial charge is 0.593 e. The highest BCUT2D eigenvalue weighted by molar-refractivity contribution is 7.89. The molecule has 1 aromatic carbocycles. The molecule has 0 aliphatic carbocycles. The molecule has 0 saturated heterocycles. The maximum Gasteiger partial charge on any atom is 0.173 e. The van der Waals surface area contributed by atoms with Gasteiger partial charge in [0, 0.05) is 13.2 Å². The Bertz CT molecular complexity index is 376. The molecule has 4 nitrogen and oxygen atoms in total. The van der Waals surface area contributed by atoms with Crippen molar-refractivity contribution >= 4 is 11.4 Å². The first kappa shape index (κ1) is 15.0. The van der Waals surface area contributed by atoms with Crippen LogP contribution in [0.15, 0.2) is 29.2 Å². The SMILES string of the molecule is N#Cc1ccc([S+]([O-])NCCCCCCO)cc1. The van der Waals surface area contributed by atoms with Crippen LogP contribution in [-0.4, -0.2) is 22.8 Å². The van der Waals surface area contributed by atoms with Crippen LogP contribution in [-0.2, 0) is 11.4 Å². The Hall–Kier alpha value is -1.06. The maximum atomic E-state index is 11.8. The van der Waals surface area contributed by atoms with Gasteiger partial charge in [0.2, 0.25) is 0 Å². The van der Waals surface area contributed by atoms with Gasteiger partial charge in [-0.15, -0.1) is 4.72 Å². The Labute approximate surface area is 111 Å². The van der Waals surface area contributed by atoms with Crippen molar-refractivity contribution in [1.29, 1.82) is 5.26 Å². The number of nitriles is 1. The van der Waals surface area contributed by atoms with Crippen LogP contribution in [0.5, 0.6) is 0 Å². The summed E-state index contributed by atoms with van der Waals surface area (Å²) in [7, 11) is 0. The van der Waals surface area contributed by atoms with E-state index in [-0.39, 0.29) is 6.61 Å². The summed E-state index contributed by atoms with van der Waals surface area (Å²) in [5, 5.41) is 17.3. The van der Waals surface area contributed by atoms with Crippen molar-refractivity contribution in [2.24, 2.45) is 0 Å². The number of nitrogens with one attached hydrogen (secondary N) is 1. The van der Waals surface area contributed by atoms with Gasteiger partial charge in [0.05, 0.1) is 23.0 Å². The van der Waals surface area contributed by atoms with Gasteiger partial charge in [-0.3, -0.25) is 0 Å². The predicted octanol–water partition coefficient (Wildman–Crippen LogP) is 1.72. The number of benzene rings is 1. The minimum atomic E-state index is -1.21. The molecule has 1 rings (SSSR count). The van der Waals surface area contributed by atoms with Crippen molar-refractivity contribution in [3.63, 3.8) is 0 Å². The standard InChI is InChI=1S/C13H18N2O2S/c14-11-12-5-7-13(8-6-12)18(17)15-9-3-1-2-4-10-16/h5-8,15-16H,1-4,9-10H2. The fourth-order valence-corrected chi connectivity index (χ4v) is 2.37. The summed E-state index contributed by atoms with van der Waals surface area (Å²) in [6, 6.07) is 8.75. The minimum Gasteiger partial charge on any atom is -0.593 e. The lowest BCUT2D eigenvalue weighted by Crippen LogP contribution is -2.24. The van der Waals surface area contributed by atoms with Crippen LogP contribution in [0.1, 0.15) is 31.2 Å². The van der Waals surface area contributed by atoms with Crippen LogP contribution in [0.4, 0.5) is 0 Å². The van der Waals surface area contributed by atoms with Crippen molar-refractivity contribution in [2.75, 3.05) is 13.2 Å². The Balaban J connectivity index is 2.23. The zero-order valence-corrected chi connectivity index (χ0v) is 11.1. The molecule has 0 amide bonds. The smallest absolute Gasteiger partial charge is 0.173 e. The van der Waals surface area contributed by atoms with Gasteiger partial charge in [0.1, 0.15) is 0 Å². The molecule has 0 spiro atoms. The van der Waals surface area contributed by atoms with Crippen molar-refractivity contribution in [3.05, 3.63) is 29.8 Å². The number of hydrogen-bond acceptors (Lipinski definition) is 4. The highest BCUT2D eigenvalue weighted by atomic mass is 32.2. The number of nitrogens with zero attached hydrogens (tertiary/aromatic N) is 1. The number of hydrogen-bond donors (Lipinski definition) is 2. The van der Waals surface area contributed by atoms with Crippen LogP contribution in [0.3, 0.4) is 0 Å². The summed E-state index contributed by atoms with van der Waals surface area (Å²) in [5.74, 6) is 0. The summed E-state index contributed by atoms with van der Waals surface area (Å²) in [6.45, 7) is 0.933. The Morgan fingerprint density at radius 2 is 1.83 bits per heavy atom. The third-order valence-electron chi connectivity index (χ3n) is 2.52. The van der Waals surface area contributed by atoms with Gasteiger partial charge >= 0.3 is 0 Å². The quantitative estimate of drug-likeness (QED) is 0.554. The molecule has 0 heterocycles. The number of aliphatic hydroxyl groups excluding tert-OH is 1. The predicted molar refractivity (Wildman–Crippen MR) is 71.1 cm³/mol. The van der Waals surface area contributed by atoms with Crippen LogP contribution < -0.4 is 4.72 Å². The number of unbranched alkanes of at least 4 members (excludes halogenated alkanes) is 3. The van der Waals surface area contributed by atoms with Crippen LogP contribution >= 0.6 is 0 Å². The monoisotopic (exact) mass is 266 g/mol. The second-order valence-electron chi connectivity index (χ2n) is 3.94. The number of aliphatic hydroxyl groups is 1. The molecule has 98 valence electrons. The van der Waals surface area contributed by atoms with Gasteiger partial charge < -0.3 is 9.66 Å². The Morgan fingerprint density at radius 3 is 2.44 bits per heavy atom. The second kappa shape index (κ2) is 8.95. The summed E-state index contributed by atoms with van der Waals surface area (Å²) >= 11 is -1.21. The van der Waals surface area contributed by atoms with Gasteiger partial charge in [0.25, 0.3) is 0 Å². The first-order valence-corrected chi connectivity index (χ1v) is 7.19. The van der Waals surface area contributed by atoms with E-state index >= 15 is 0 Å². The molecular formula is C13H18N2O2S. The van der Waals surface area contributed by atoms with E-state index in [0.717, 1.165) is 25.7 Å². The highest BCUT2D eigenvalue weighted by Crippen LogP contribution is 2.10. The average molecular weight is 266 g/mol. The van der Waals surface area contributed by atoms with Gasteiger partial charge in [0.15, 0.2) is 4.90 Å². The second-order valence-corrected chi connectivity index (χ2v) is 5.23. The van der Waals surface area contributed by atoms with E-state index in [1.54, 1.807) is 24.3 Å². The molecule has 0 aromatic heterocycles.